The predicted octanol–water partition coefficient (Wildman–Crippen LogP) is 1.07. The van der Waals surface area contributed by atoms with Gasteiger partial charge >= 0.3 is 0 Å². The van der Waals surface area contributed by atoms with Crippen molar-refractivity contribution in [2.24, 2.45) is 0 Å². The lowest BCUT2D eigenvalue weighted by Crippen LogP contribution is -2.43. The van der Waals surface area contributed by atoms with Crippen molar-refractivity contribution in [3.63, 3.8) is 0 Å². The van der Waals surface area contributed by atoms with Gasteiger partial charge in [-0.3, -0.25) is 9.78 Å². The van der Waals surface area contributed by atoms with Crippen molar-refractivity contribution in [3.05, 3.63) is 18.1 Å². The molecule has 2 heterocycles. The molecule has 0 radical (unpaired) electrons. The SMILES string of the molecule is CCC1CN(C)CCCN1C(=O)c1cncc(NC)n1. The Morgan fingerprint density at radius 2 is 2.25 bits per heavy atom. The average molecular weight is 277 g/mol. The topological polar surface area (TPSA) is 61.4 Å². The van der Waals surface area contributed by atoms with Gasteiger partial charge in [-0.05, 0) is 26.4 Å². The fraction of sp³-hybridized carbons (Fsp3) is 0.643. The Bertz CT molecular complexity index is 465. The summed E-state index contributed by atoms with van der Waals surface area (Å²) < 4.78 is 0. The Balaban J connectivity index is 2.20. The van der Waals surface area contributed by atoms with Crippen molar-refractivity contribution in [2.45, 2.75) is 25.8 Å². The van der Waals surface area contributed by atoms with E-state index in [1.54, 1.807) is 19.4 Å². The molecule has 1 aromatic rings. The van der Waals surface area contributed by atoms with Gasteiger partial charge < -0.3 is 15.1 Å². The van der Waals surface area contributed by atoms with Crippen molar-refractivity contribution in [1.29, 1.82) is 0 Å². The molecule has 1 saturated heterocycles. The van der Waals surface area contributed by atoms with Gasteiger partial charge in [-0.25, -0.2) is 4.98 Å². The van der Waals surface area contributed by atoms with Gasteiger partial charge in [0.25, 0.3) is 5.91 Å². The Labute approximate surface area is 120 Å². The first-order valence-electron chi connectivity index (χ1n) is 7.15. The number of amides is 1. The highest BCUT2D eigenvalue weighted by atomic mass is 16.2. The molecule has 0 bridgehead atoms. The quantitative estimate of drug-likeness (QED) is 0.895. The summed E-state index contributed by atoms with van der Waals surface area (Å²) in [6.07, 6.45) is 5.11. The summed E-state index contributed by atoms with van der Waals surface area (Å²) in [5, 5.41) is 2.92. The van der Waals surface area contributed by atoms with Gasteiger partial charge in [-0.15, -0.1) is 0 Å². The monoisotopic (exact) mass is 277 g/mol. The number of anilines is 1. The lowest BCUT2D eigenvalue weighted by atomic mass is 10.1. The number of hydrogen-bond donors (Lipinski definition) is 1. The van der Waals surface area contributed by atoms with Crippen LogP contribution in [0.3, 0.4) is 0 Å². The Hall–Kier alpha value is -1.69. The number of nitrogens with one attached hydrogen (secondary N) is 1. The Morgan fingerprint density at radius 1 is 1.45 bits per heavy atom. The van der Waals surface area contributed by atoms with Gasteiger partial charge in [0.15, 0.2) is 0 Å². The van der Waals surface area contributed by atoms with E-state index in [1.165, 1.54) is 0 Å². The number of aromatic nitrogens is 2. The number of carbonyl (C=O) groups is 1. The molecule has 2 rings (SSSR count). The third-order valence-corrected chi connectivity index (χ3v) is 3.74. The first kappa shape index (κ1) is 14.7. The summed E-state index contributed by atoms with van der Waals surface area (Å²) in [6, 6.07) is 0.245. The van der Waals surface area contributed by atoms with Crippen LogP contribution in [-0.4, -0.2) is 65.4 Å². The maximum absolute atomic E-state index is 12.7. The van der Waals surface area contributed by atoms with Crippen LogP contribution in [0.2, 0.25) is 0 Å². The maximum Gasteiger partial charge on any atom is 0.274 e. The molecule has 0 aromatic carbocycles. The summed E-state index contributed by atoms with van der Waals surface area (Å²) in [5.41, 5.74) is 0.417. The van der Waals surface area contributed by atoms with Crippen molar-refractivity contribution in [2.75, 3.05) is 39.0 Å². The van der Waals surface area contributed by atoms with E-state index < -0.39 is 0 Å². The summed E-state index contributed by atoms with van der Waals surface area (Å²) in [6.45, 7) is 4.86. The Kier molecular flexibility index (Phi) is 4.89. The molecule has 0 saturated carbocycles. The van der Waals surface area contributed by atoms with E-state index >= 15 is 0 Å². The zero-order chi connectivity index (χ0) is 14.5. The molecule has 6 nitrogen and oxygen atoms in total. The normalized spacial score (nSPS) is 20.6. The highest BCUT2D eigenvalue weighted by molar-refractivity contribution is 5.92. The molecule has 1 atom stereocenters. The van der Waals surface area contributed by atoms with Crippen molar-refractivity contribution in [1.82, 2.24) is 19.8 Å². The van der Waals surface area contributed by atoms with Crippen LogP contribution in [0.15, 0.2) is 12.4 Å². The minimum Gasteiger partial charge on any atom is -0.372 e. The highest BCUT2D eigenvalue weighted by Crippen LogP contribution is 2.15. The molecule has 1 aromatic heterocycles. The van der Waals surface area contributed by atoms with E-state index in [0.29, 0.717) is 11.5 Å². The van der Waals surface area contributed by atoms with Crippen LogP contribution in [-0.2, 0) is 0 Å². The number of rotatable bonds is 3. The highest BCUT2D eigenvalue weighted by Gasteiger charge is 2.27. The summed E-state index contributed by atoms with van der Waals surface area (Å²) in [5.74, 6) is 0.604. The zero-order valence-corrected chi connectivity index (χ0v) is 12.5. The molecule has 1 fully saturated rings. The van der Waals surface area contributed by atoms with Crippen molar-refractivity contribution in [3.8, 4) is 0 Å². The molecule has 0 aliphatic carbocycles. The zero-order valence-electron chi connectivity index (χ0n) is 12.5. The molecule has 1 N–H and O–H groups in total. The number of carbonyl (C=O) groups excluding carboxylic acids is 1. The predicted molar refractivity (Wildman–Crippen MR) is 78.8 cm³/mol. The number of likely N-dealkylation sites (N-methyl/N-ethyl adjacent to an activating group) is 1. The summed E-state index contributed by atoms with van der Waals surface area (Å²) in [7, 11) is 3.88. The van der Waals surface area contributed by atoms with Crippen molar-refractivity contribution < 1.29 is 4.79 Å². The second kappa shape index (κ2) is 6.65. The molecule has 1 amide bonds. The lowest BCUT2D eigenvalue weighted by Gasteiger charge is -2.30. The molecular formula is C14H23N5O. The standard InChI is InChI=1S/C14H23N5O/c1-4-11-10-18(3)6-5-7-19(11)14(20)12-8-16-9-13(15-2)17-12/h8-9,11H,4-7,10H2,1-3H3,(H,15,17). The van der Waals surface area contributed by atoms with Crippen LogP contribution < -0.4 is 5.32 Å². The molecule has 6 heteroatoms. The third-order valence-electron chi connectivity index (χ3n) is 3.74. The number of hydrogen-bond acceptors (Lipinski definition) is 5. The maximum atomic E-state index is 12.7. The first-order chi connectivity index (χ1) is 9.65. The van der Waals surface area contributed by atoms with Gasteiger partial charge in [0, 0.05) is 26.2 Å². The van der Waals surface area contributed by atoms with Crippen LogP contribution in [0.4, 0.5) is 5.82 Å². The Morgan fingerprint density at radius 3 is 2.95 bits per heavy atom. The summed E-state index contributed by atoms with van der Waals surface area (Å²) in [4.78, 5) is 25.3. The second-order valence-corrected chi connectivity index (χ2v) is 5.22. The first-order valence-corrected chi connectivity index (χ1v) is 7.15. The molecule has 1 aliphatic rings. The van der Waals surface area contributed by atoms with E-state index in [2.05, 4.69) is 34.2 Å². The second-order valence-electron chi connectivity index (χ2n) is 5.22. The van der Waals surface area contributed by atoms with E-state index in [1.807, 2.05) is 4.90 Å². The third kappa shape index (κ3) is 3.25. The molecule has 1 aliphatic heterocycles. The number of nitrogens with zero attached hydrogens (tertiary/aromatic N) is 4. The minimum atomic E-state index is -0.0169. The fourth-order valence-corrected chi connectivity index (χ4v) is 2.60. The van der Waals surface area contributed by atoms with Gasteiger partial charge in [-0.2, -0.15) is 0 Å². The van der Waals surface area contributed by atoms with Gasteiger partial charge in [-0.1, -0.05) is 6.92 Å². The fourth-order valence-electron chi connectivity index (χ4n) is 2.60. The molecular weight excluding hydrogens is 254 g/mol. The molecule has 20 heavy (non-hydrogen) atoms. The van der Waals surface area contributed by atoms with Gasteiger partial charge in [0.2, 0.25) is 0 Å². The molecule has 110 valence electrons. The van der Waals surface area contributed by atoms with E-state index in [-0.39, 0.29) is 11.9 Å². The van der Waals surface area contributed by atoms with Gasteiger partial charge in [0.05, 0.1) is 12.4 Å². The van der Waals surface area contributed by atoms with Crippen LogP contribution in [0.25, 0.3) is 0 Å². The van der Waals surface area contributed by atoms with Crippen LogP contribution in [0, 0.1) is 0 Å². The minimum absolute atomic E-state index is 0.0169. The van der Waals surface area contributed by atoms with E-state index in [0.717, 1.165) is 32.5 Å². The largest absolute Gasteiger partial charge is 0.372 e. The van der Waals surface area contributed by atoms with Crippen LogP contribution in [0.1, 0.15) is 30.3 Å². The lowest BCUT2D eigenvalue weighted by molar-refractivity contribution is 0.0669. The average Bonchev–Trinajstić information content (AvgIpc) is 2.67. The van der Waals surface area contributed by atoms with Crippen LogP contribution in [0.5, 0.6) is 0 Å². The summed E-state index contributed by atoms with van der Waals surface area (Å²) >= 11 is 0. The molecule has 0 spiro atoms. The smallest absolute Gasteiger partial charge is 0.274 e. The van der Waals surface area contributed by atoms with Crippen molar-refractivity contribution >= 4 is 11.7 Å². The van der Waals surface area contributed by atoms with Crippen LogP contribution >= 0.6 is 0 Å². The van der Waals surface area contributed by atoms with Gasteiger partial charge in [0.1, 0.15) is 11.5 Å². The molecule has 1 unspecified atom stereocenters. The van der Waals surface area contributed by atoms with E-state index in [9.17, 15) is 4.79 Å². The van der Waals surface area contributed by atoms with E-state index in [4.69, 9.17) is 0 Å².